The number of ether oxygens (including phenoxy) is 1. The third kappa shape index (κ3) is 7.84. The lowest BCUT2D eigenvalue weighted by Crippen LogP contribution is -2.35. The molecule has 0 aliphatic rings. The molecule has 0 heterocycles. The van der Waals surface area contributed by atoms with Crippen LogP contribution in [0.25, 0.3) is 0 Å². The Kier molecular flexibility index (Phi) is 7.27. The Hall–Kier alpha value is -1.36. The minimum Gasteiger partial charge on any atom is -0.460 e. The van der Waals surface area contributed by atoms with E-state index in [0.29, 0.717) is 6.42 Å². The van der Waals surface area contributed by atoms with Crippen LogP contribution in [0.5, 0.6) is 0 Å². The molecule has 18 heavy (non-hydrogen) atoms. The van der Waals surface area contributed by atoms with Crippen molar-refractivity contribution in [2.24, 2.45) is 5.92 Å². The highest BCUT2D eigenvalue weighted by molar-refractivity contribution is 5.83. The van der Waals surface area contributed by atoms with Crippen LogP contribution < -0.4 is 5.32 Å². The molecule has 0 aromatic rings. The fourth-order valence-corrected chi connectivity index (χ4v) is 1.39. The molecule has 0 aromatic heterocycles. The second kappa shape index (κ2) is 7.87. The Labute approximate surface area is 108 Å². The molecule has 5 nitrogen and oxygen atoms in total. The fraction of sp³-hybridized carbons (Fsp3) is 0.692. The Bertz CT molecular complexity index is 294. The van der Waals surface area contributed by atoms with Crippen molar-refractivity contribution in [3.63, 3.8) is 0 Å². The van der Waals surface area contributed by atoms with Gasteiger partial charge in [0.25, 0.3) is 0 Å². The van der Waals surface area contributed by atoms with E-state index in [9.17, 15) is 9.59 Å². The van der Waals surface area contributed by atoms with E-state index in [1.807, 2.05) is 0 Å². The number of carbonyl (C=O) groups is 2. The predicted molar refractivity (Wildman–Crippen MR) is 68.9 cm³/mol. The second-order valence-corrected chi connectivity index (χ2v) is 5.03. The minimum absolute atomic E-state index is 0.0144. The van der Waals surface area contributed by atoms with Crippen molar-refractivity contribution in [2.45, 2.75) is 39.2 Å². The number of aliphatic hydroxyl groups is 1. The monoisotopic (exact) mass is 257 g/mol. The lowest BCUT2D eigenvalue weighted by Gasteiger charge is -2.21. The van der Waals surface area contributed by atoms with E-state index in [2.05, 4.69) is 11.9 Å². The van der Waals surface area contributed by atoms with Gasteiger partial charge in [0.15, 0.2) is 0 Å². The third-order valence-corrected chi connectivity index (χ3v) is 2.07. The van der Waals surface area contributed by atoms with Gasteiger partial charge in [-0.05, 0) is 27.2 Å². The summed E-state index contributed by atoms with van der Waals surface area (Å²) in [7, 11) is 0. The molecule has 0 bridgehead atoms. The average Bonchev–Trinajstić information content (AvgIpc) is 2.22. The van der Waals surface area contributed by atoms with Gasteiger partial charge in [-0.25, -0.2) is 0 Å². The van der Waals surface area contributed by atoms with E-state index in [0.717, 1.165) is 0 Å². The first kappa shape index (κ1) is 16.6. The molecule has 0 spiro atoms. The van der Waals surface area contributed by atoms with E-state index >= 15 is 0 Å². The molecule has 0 aliphatic heterocycles. The van der Waals surface area contributed by atoms with Gasteiger partial charge in [0.2, 0.25) is 5.91 Å². The highest BCUT2D eigenvalue weighted by Gasteiger charge is 2.24. The number of amides is 1. The molecule has 0 aliphatic carbocycles. The zero-order chi connectivity index (χ0) is 14.2. The number of allylic oxidation sites excluding steroid dienone is 1. The van der Waals surface area contributed by atoms with Crippen LogP contribution in [0.1, 0.15) is 33.6 Å². The Balaban J connectivity index is 4.38. The zero-order valence-electron chi connectivity index (χ0n) is 11.4. The van der Waals surface area contributed by atoms with Gasteiger partial charge in [-0.15, -0.1) is 6.58 Å². The van der Waals surface area contributed by atoms with Gasteiger partial charge in [0.05, 0.1) is 18.9 Å². The Morgan fingerprint density at radius 2 is 2.06 bits per heavy atom. The van der Waals surface area contributed by atoms with Gasteiger partial charge in [0.1, 0.15) is 5.60 Å². The summed E-state index contributed by atoms with van der Waals surface area (Å²) in [6.45, 7) is 8.95. The van der Waals surface area contributed by atoms with Gasteiger partial charge < -0.3 is 15.2 Å². The van der Waals surface area contributed by atoms with Crippen molar-refractivity contribution in [2.75, 3.05) is 13.2 Å². The Morgan fingerprint density at radius 1 is 1.44 bits per heavy atom. The smallest absolute Gasteiger partial charge is 0.307 e. The summed E-state index contributed by atoms with van der Waals surface area (Å²) in [6.07, 6.45) is 2.00. The summed E-state index contributed by atoms with van der Waals surface area (Å²) in [5.41, 5.74) is -0.558. The highest BCUT2D eigenvalue weighted by atomic mass is 16.6. The summed E-state index contributed by atoms with van der Waals surface area (Å²) >= 11 is 0. The summed E-state index contributed by atoms with van der Waals surface area (Å²) < 4.78 is 5.17. The van der Waals surface area contributed by atoms with Crippen LogP contribution in [0.3, 0.4) is 0 Å². The SMILES string of the molecule is C=CC[C@@H](CC(=O)OC(C)(C)C)C(=O)NCCO. The molecule has 2 N–H and O–H groups in total. The van der Waals surface area contributed by atoms with Gasteiger partial charge in [-0.2, -0.15) is 0 Å². The molecular weight excluding hydrogens is 234 g/mol. The van der Waals surface area contributed by atoms with Crippen LogP contribution in [0.4, 0.5) is 0 Å². The average molecular weight is 257 g/mol. The standard InChI is InChI=1S/C13H23NO4/c1-5-6-10(12(17)14-7-8-15)9-11(16)18-13(2,3)4/h5,10,15H,1,6-9H2,2-4H3,(H,14,17)/t10-/m0/s1. The van der Waals surface area contributed by atoms with Crippen LogP contribution in [0.15, 0.2) is 12.7 Å². The molecule has 1 amide bonds. The molecule has 0 aromatic carbocycles. The Morgan fingerprint density at radius 3 is 2.50 bits per heavy atom. The largest absolute Gasteiger partial charge is 0.460 e. The normalized spacial score (nSPS) is 12.7. The predicted octanol–water partition coefficient (Wildman–Crippen LogP) is 1.02. The summed E-state index contributed by atoms with van der Waals surface area (Å²) in [5.74, 6) is -1.17. The van der Waals surface area contributed by atoms with Crippen molar-refractivity contribution in [1.29, 1.82) is 0 Å². The zero-order valence-corrected chi connectivity index (χ0v) is 11.4. The van der Waals surface area contributed by atoms with Crippen molar-refractivity contribution < 1.29 is 19.4 Å². The minimum atomic E-state index is -0.558. The number of esters is 1. The van der Waals surface area contributed by atoms with E-state index in [1.165, 1.54) is 0 Å². The van der Waals surface area contributed by atoms with Crippen molar-refractivity contribution >= 4 is 11.9 Å². The van der Waals surface area contributed by atoms with Crippen molar-refractivity contribution in [3.05, 3.63) is 12.7 Å². The molecule has 104 valence electrons. The van der Waals surface area contributed by atoms with E-state index in [-0.39, 0.29) is 25.5 Å². The molecule has 5 heteroatoms. The number of hydrogen-bond donors (Lipinski definition) is 2. The lowest BCUT2D eigenvalue weighted by atomic mass is 10.0. The van der Waals surface area contributed by atoms with Crippen LogP contribution in [0, 0.1) is 5.92 Å². The van der Waals surface area contributed by atoms with Crippen LogP contribution in [0.2, 0.25) is 0 Å². The van der Waals surface area contributed by atoms with Gasteiger partial charge >= 0.3 is 5.97 Å². The molecule has 0 radical (unpaired) electrons. The number of nitrogens with one attached hydrogen (secondary N) is 1. The summed E-state index contributed by atoms with van der Waals surface area (Å²) in [6, 6.07) is 0. The highest BCUT2D eigenvalue weighted by Crippen LogP contribution is 2.15. The second-order valence-electron chi connectivity index (χ2n) is 5.03. The van der Waals surface area contributed by atoms with Crippen LogP contribution in [-0.4, -0.2) is 35.7 Å². The molecule has 0 rings (SSSR count). The topological polar surface area (TPSA) is 75.6 Å². The number of hydrogen-bond acceptors (Lipinski definition) is 4. The van der Waals surface area contributed by atoms with Gasteiger partial charge in [-0.1, -0.05) is 6.08 Å². The lowest BCUT2D eigenvalue weighted by molar-refractivity contribution is -0.157. The molecule has 1 atom stereocenters. The quantitative estimate of drug-likeness (QED) is 0.527. The molecule has 0 saturated carbocycles. The number of carbonyl (C=O) groups excluding carboxylic acids is 2. The first-order valence-corrected chi connectivity index (χ1v) is 6.01. The van der Waals surface area contributed by atoms with E-state index in [4.69, 9.17) is 9.84 Å². The maximum absolute atomic E-state index is 11.7. The number of aliphatic hydroxyl groups excluding tert-OH is 1. The summed E-state index contributed by atoms with van der Waals surface area (Å²) in [4.78, 5) is 23.4. The maximum Gasteiger partial charge on any atom is 0.307 e. The molecular formula is C13H23NO4. The first-order chi connectivity index (χ1) is 8.30. The van der Waals surface area contributed by atoms with E-state index in [1.54, 1.807) is 26.8 Å². The maximum atomic E-state index is 11.7. The number of rotatable bonds is 7. The molecule has 0 fully saturated rings. The fourth-order valence-electron chi connectivity index (χ4n) is 1.39. The molecule has 0 unspecified atom stereocenters. The van der Waals surface area contributed by atoms with Gasteiger partial charge in [0, 0.05) is 6.54 Å². The van der Waals surface area contributed by atoms with Crippen molar-refractivity contribution in [3.8, 4) is 0 Å². The van der Waals surface area contributed by atoms with E-state index < -0.39 is 17.5 Å². The summed E-state index contributed by atoms with van der Waals surface area (Å²) in [5, 5.41) is 11.2. The van der Waals surface area contributed by atoms with Gasteiger partial charge in [-0.3, -0.25) is 9.59 Å². The van der Waals surface area contributed by atoms with Crippen LogP contribution in [-0.2, 0) is 14.3 Å². The van der Waals surface area contributed by atoms with Crippen molar-refractivity contribution in [1.82, 2.24) is 5.32 Å². The molecule has 0 saturated heterocycles. The third-order valence-electron chi connectivity index (χ3n) is 2.07. The first-order valence-electron chi connectivity index (χ1n) is 6.01. The van der Waals surface area contributed by atoms with Crippen LogP contribution >= 0.6 is 0 Å².